The Morgan fingerprint density at radius 1 is 1.42 bits per heavy atom. The minimum atomic E-state index is -0.137. The van der Waals surface area contributed by atoms with Gasteiger partial charge in [-0.25, -0.2) is 0 Å². The molecule has 71 valence electrons. The Morgan fingerprint density at radius 3 is 2.33 bits per heavy atom. The zero-order chi connectivity index (χ0) is 9.56. The molecule has 1 radical (unpaired) electrons. The van der Waals surface area contributed by atoms with Crippen LogP contribution in [0.5, 0.6) is 0 Å². The third kappa shape index (κ3) is 4.00. The minimum Gasteiger partial charge on any atom is -0.462 e. The van der Waals surface area contributed by atoms with Gasteiger partial charge in [-0.1, -0.05) is 26.5 Å². The lowest BCUT2D eigenvalue weighted by Gasteiger charge is -2.15. The lowest BCUT2D eigenvalue weighted by atomic mass is 10.1. The summed E-state index contributed by atoms with van der Waals surface area (Å²) in [5.41, 5.74) is 0. The quantitative estimate of drug-likeness (QED) is 0.621. The van der Waals surface area contributed by atoms with Crippen molar-refractivity contribution >= 4 is 18.6 Å². The van der Waals surface area contributed by atoms with Crippen LogP contribution in [0.2, 0.25) is 0 Å². The summed E-state index contributed by atoms with van der Waals surface area (Å²) >= 11 is 4.84. The molecule has 2 atom stereocenters. The number of hydrogen-bond acceptors (Lipinski definition) is 2. The smallest absolute Gasteiger partial charge is 0.310 e. The molecule has 0 fully saturated rings. The summed E-state index contributed by atoms with van der Waals surface area (Å²) in [5, 5.41) is 0. The highest BCUT2D eigenvalue weighted by Crippen LogP contribution is 2.09. The first-order valence-corrected chi connectivity index (χ1v) is 5.01. The summed E-state index contributed by atoms with van der Waals surface area (Å²) in [6.45, 7) is 5.84. The summed E-state index contributed by atoms with van der Waals surface area (Å²) in [6, 6.07) is 0. The van der Waals surface area contributed by atoms with E-state index in [1.165, 1.54) is 0 Å². The molecule has 0 aromatic carbocycles. The van der Waals surface area contributed by atoms with Gasteiger partial charge in [-0.3, -0.25) is 4.79 Å². The molecule has 0 bridgehead atoms. The monoisotopic (exact) mass is 189 g/mol. The molecule has 0 aliphatic carbocycles. The van der Waals surface area contributed by atoms with Gasteiger partial charge in [0.2, 0.25) is 0 Å². The van der Waals surface area contributed by atoms with E-state index in [0.717, 1.165) is 12.8 Å². The maximum Gasteiger partial charge on any atom is 0.310 e. The van der Waals surface area contributed by atoms with Crippen molar-refractivity contribution in [3.8, 4) is 0 Å². The summed E-state index contributed by atoms with van der Waals surface area (Å²) in [5.74, 6) is 0.238. The molecule has 3 heteroatoms. The van der Waals surface area contributed by atoms with Gasteiger partial charge in [0.15, 0.2) is 0 Å². The van der Waals surface area contributed by atoms with Gasteiger partial charge < -0.3 is 4.74 Å². The Labute approximate surface area is 80.1 Å². The number of hydrogen-bond donors (Lipinski definition) is 0. The Kier molecular flexibility index (Phi) is 6.25. The maximum absolute atomic E-state index is 11.3. The molecule has 2 unspecified atom stereocenters. The Bertz CT molecular complexity index is 132. The fourth-order valence-corrected chi connectivity index (χ4v) is 1.10. The number of ether oxygens (including phenoxy) is 1. The Hall–Kier alpha value is -0.180. The van der Waals surface area contributed by atoms with Crippen LogP contribution in [0, 0.1) is 5.92 Å². The zero-order valence-electron chi connectivity index (χ0n) is 8.00. The van der Waals surface area contributed by atoms with Gasteiger partial charge in [0.1, 0.15) is 0 Å². The maximum atomic E-state index is 11.3. The largest absolute Gasteiger partial charge is 0.462 e. The molecule has 0 aromatic heterocycles. The van der Waals surface area contributed by atoms with E-state index in [1.807, 2.05) is 20.8 Å². The van der Waals surface area contributed by atoms with Gasteiger partial charge in [0, 0.05) is 5.75 Å². The van der Waals surface area contributed by atoms with E-state index in [1.54, 1.807) is 0 Å². The van der Waals surface area contributed by atoms with Crippen LogP contribution >= 0.6 is 12.6 Å². The molecule has 0 aromatic rings. The molecule has 0 aliphatic heterocycles. The lowest BCUT2D eigenvalue weighted by Crippen LogP contribution is -2.22. The summed E-state index contributed by atoms with van der Waals surface area (Å²) < 4.78 is 5.14. The lowest BCUT2D eigenvalue weighted by molar-refractivity contribution is -0.152. The highest BCUT2D eigenvalue weighted by Gasteiger charge is 2.17. The zero-order valence-corrected chi connectivity index (χ0v) is 8.82. The van der Waals surface area contributed by atoms with E-state index in [-0.39, 0.29) is 18.0 Å². The second kappa shape index (κ2) is 6.35. The van der Waals surface area contributed by atoms with Crippen LogP contribution in [-0.2, 0) is 9.53 Å². The van der Waals surface area contributed by atoms with Crippen molar-refractivity contribution in [1.82, 2.24) is 0 Å². The highest BCUT2D eigenvalue weighted by molar-refractivity contribution is 7.80. The summed E-state index contributed by atoms with van der Waals surface area (Å²) in [4.78, 5) is 11.3. The van der Waals surface area contributed by atoms with Gasteiger partial charge in [-0.05, 0) is 19.8 Å². The van der Waals surface area contributed by atoms with Crippen molar-refractivity contribution in [2.45, 2.75) is 39.7 Å². The van der Waals surface area contributed by atoms with Crippen LogP contribution < -0.4 is 0 Å². The summed E-state index contributed by atoms with van der Waals surface area (Å²) in [7, 11) is 0. The average molecular weight is 189 g/mol. The van der Waals surface area contributed by atoms with Crippen molar-refractivity contribution in [3.05, 3.63) is 0 Å². The summed E-state index contributed by atoms with van der Waals surface area (Å²) in [6.07, 6.45) is 1.66. The van der Waals surface area contributed by atoms with Crippen LogP contribution in [0.3, 0.4) is 0 Å². The number of carbonyl (C=O) groups excluding carboxylic acids is 1. The molecule has 12 heavy (non-hydrogen) atoms. The molecule has 0 saturated heterocycles. The molecule has 0 N–H and O–H groups in total. The van der Waals surface area contributed by atoms with E-state index in [0.29, 0.717) is 5.75 Å². The standard InChI is InChI=1S/C9H17O2S/c1-4-7(3)11-9(10)8(5-2)6-12/h7-8H,4-6H2,1-3H3. The van der Waals surface area contributed by atoms with Gasteiger partial charge >= 0.3 is 5.97 Å². The second-order valence-corrected chi connectivity index (χ2v) is 3.26. The molecular formula is C9H17O2S. The molecule has 0 aliphatic rings. The van der Waals surface area contributed by atoms with E-state index < -0.39 is 0 Å². The van der Waals surface area contributed by atoms with Crippen LogP contribution in [0.25, 0.3) is 0 Å². The average Bonchev–Trinajstić information content (AvgIpc) is 2.06. The molecular weight excluding hydrogens is 172 g/mol. The van der Waals surface area contributed by atoms with Crippen LogP contribution in [0.15, 0.2) is 0 Å². The van der Waals surface area contributed by atoms with Gasteiger partial charge in [-0.15, -0.1) is 0 Å². The Morgan fingerprint density at radius 2 is 2.00 bits per heavy atom. The molecule has 0 amide bonds. The van der Waals surface area contributed by atoms with Gasteiger partial charge in [0.05, 0.1) is 12.0 Å². The number of carbonyl (C=O) groups is 1. The highest BCUT2D eigenvalue weighted by atomic mass is 32.1. The van der Waals surface area contributed by atoms with Crippen molar-refractivity contribution < 1.29 is 9.53 Å². The first-order valence-electron chi connectivity index (χ1n) is 4.44. The predicted octanol–water partition coefficient (Wildman–Crippen LogP) is 2.55. The van der Waals surface area contributed by atoms with Crippen molar-refractivity contribution in [2.75, 3.05) is 5.75 Å². The topological polar surface area (TPSA) is 26.3 Å². The van der Waals surface area contributed by atoms with E-state index in [9.17, 15) is 4.79 Å². The first kappa shape index (κ1) is 11.8. The fourth-order valence-electron chi connectivity index (χ4n) is 0.730. The van der Waals surface area contributed by atoms with Gasteiger partial charge in [0.25, 0.3) is 0 Å². The third-order valence-corrected chi connectivity index (χ3v) is 2.32. The number of rotatable bonds is 5. The molecule has 0 heterocycles. The SMILES string of the molecule is CCC(C)OC(=O)C(CC)C[S]. The minimum absolute atomic E-state index is 0.0214. The first-order chi connectivity index (χ1) is 5.65. The van der Waals surface area contributed by atoms with Crippen molar-refractivity contribution in [3.63, 3.8) is 0 Å². The Balaban J connectivity index is 3.84. The fraction of sp³-hybridized carbons (Fsp3) is 0.889. The molecule has 0 saturated carbocycles. The molecule has 0 spiro atoms. The molecule has 0 rings (SSSR count). The predicted molar refractivity (Wildman–Crippen MR) is 52.1 cm³/mol. The van der Waals surface area contributed by atoms with Crippen molar-refractivity contribution in [1.29, 1.82) is 0 Å². The van der Waals surface area contributed by atoms with Crippen LogP contribution in [0.4, 0.5) is 0 Å². The van der Waals surface area contributed by atoms with Crippen LogP contribution in [0.1, 0.15) is 33.6 Å². The second-order valence-electron chi connectivity index (χ2n) is 2.93. The third-order valence-electron chi connectivity index (χ3n) is 1.92. The van der Waals surface area contributed by atoms with Gasteiger partial charge in [-0.2, -0.15) is 0 Å². The van der Waals surface area contributed by atoms with Crippen LogP contribution in [-0.4, -0.2) is 17.8 Å². The molecule has 2 nitrogen and oxygen atoms in total. The van der Waals surface area contributed by atoms with E-state index in [4.69, 9.17) is 17.4 Å². The van der Waals surface area contributed by atoms with E-state index in [2.05, 4.69) is 0 Å². The number of esters is 1. The van der Waals surface area contributed by atoms with E-state index >= 15 is 0 Å². The normalized spacial score (nSPS) is 15.3. The van der Waals surface area contributed by atoms with Crippen molar-refractivity contribution in [2.24, 2.45) is 5.92 Å².